The molecule has 4 rings (SSSR count). The minimum Gasteiger partial charge on any atom is -0.451 e. The van der Waals surface area contributed by atoms with Crippen LogP contribution in [0.15, 0.2) is 33.6 Å². The number of fused-ring (bicyclic) bond motifs is 1. The van der Waals surface area contributed by atoms with Gasteiger partial charge in [0.05, 0.1) is 4.90 Å². The molecular weight excluding hydrogens is 376 g/mol. The van der Waals surface area contributed by atoms with Crippen LogP contribution in [0.5, 0.6) is 0 Å². The lowest BCUT2D eigenvalue weighted by molar-refractivity contribution is 0.0667. The lowest BCUT2D eigenvalue weighted by Crippen LogP contribution is -2.37. The van der Waals surface area contributed by atoms with Crippen LogP contribution < -0.4 is 0 Å². The molecule has 2 aliphatic heterocycles. The van der Waals surface area contributed by atoms with Crippen LogP contribution in [-0.4, -0.2) is 49.7 Å². The van der Waals surface area contributed by atoms with Crippen LogP contribution >= 0.6 is 0 Å². The topological polar surface area (TPSA) is 70.8 Å². The van der Waals surface area contributed by atoms with Crippen LogP contribution in [0.25, 0.3) is 11.0 Å². The van der Waals surface area contributed by atoms with Crippen molar-refractivity contribution in [3.63, 3.8) is 0 Å². The van der Waals surface area contributed by atoms with Crippen molar-refractivity contribution in [2.75, 3.05) is 26.2 Å². The number of carbonyl (C=O) groups excluding carboxylic acids is 1. The Labute approximate surface area is 166 Å². The average molecular weight is 405 g/mol. The number of piperidine rings is 1. The molecule has 0 radical (unpaired) electrons. The van der Waals surface area contributed by atoms with Crippen molar-refractivity contribution in [3.8, 4) is 0 Å². The Morgan fingerprint density at radius 1 is 1.00 bits per heavy atom. The van der Waals surface area contributed by atoms with E-state index in [0.717, 1.165) is 51.6 Å². The van der Waals surface area contributed by atoms with Gasteiger partial charge in [0, 0.05) is 31.6 Å². The maximum absolute atomic E-state index is 13.0. The van der Waals surface area contributed by atoms with Gasteiger partial charge in [0.15, 0.2) is 5.76 Å². The monoisotopic (exact) mass is 404 g/mol. The fourth-order valence-corrected chi connectivity index (χ4v) is 5.64. The molecule has 1 aromatic carbocycles. The lowest BCUT2D eigenvalue weighted by Gasteiger charge is -2.29. The third-order valence-corrected chi connectivity index (χ3v) is 7.87. The number of hydrogen-bond donors (Lipinski definition) is 0. The molecule has 0 bridgehead atoms. The van der Waals surface area contributed by atoms with Gasteiger partial charge in [-0.25, -0.2) is 8.42 Å². The number of carbonyl (C=O) groups is 1. The van der Waals surface area contributed by atoms with Crippen molar-refractivity contribution in [2.45, 2.75) is 50.3 Å². The smallest absolute Gasteiger partial charge is 0.289 e. The molecule has 0 aliphatic carbocycles. The Morgan fingerprint density at radius 3 is 2.36 bits per heavy atom. The first-order valence-corrected chi connectivity index (χ1v) is 11.7. The number of hydrogen-bond acceptors (Lipinski definition) is 4. The van der Waals surface area contributed by atoms with Gasteiger partial charge >= 0.3 is 0 Å². The molecule has 2 fully saturated rings. The van der Waals surface area contributed by atoms with Crippen molar-refractivity contribution in [3.05, 3.63) is 30.0 Å². The lowest BCUT2D eigenvalue weighted by atomic mass is 9.99. The van der Waals surface area contributed by atoms with E-state index in [-0.39, 0.29) is 16.6 Å². The Bertz CT molecular complexity index is 950. The zero-order valence-electron chi connectivity index (χ0n) is 16.4. The maximum atomic E-state index is 13.0. The first kappa shape index (κ1) is 19.5. The number of furan rings is 1. The SMILES string of the molecule is CC1CCN(C(=O)c2cc3cc(S(=O)(=O)N4CCCCCC4)ccc3o2)CC1. The van der Waals surface area contributed by atoms with Crippen LogP contribution in [0.3, 0.4) is 0 Å². The van der Waals surface area contributed by atoms with E-state index >= 15 is 0 Å². The predicted octanol–water partition coefficient (Wildman–Crippen LogP) is 3.87. The number of sulfonamides is 1. The quantitative estimate of drug-likeness (QED) is 0.779. The predicted molar refractivity (Wildman–Crippen MR) is 108 cm³/mol. The van der Waals surface area contributed by atoms with Crippen LogP contribution in [-0.2, 0) is 10.0 Å². The third-order valence-electron chi connectivity index (χ3n) is 5.97. The minimum absolute atomic E-state index is 0.111. The van der Waals surface area contributed by atoms with E-state index < -0.39 is 10.0 Å². The number of nitrogens with zero attached hydrogens (tertiary/aromatic N) is 2. The summed E-state index contributed by atoms with van der Waals surface area (Å²) in [5, 5.41) is 0.657. The van der Waals surface area contributed by atoms with E-state index in [9.17, 15) is 13.2 Å². The second-order valence-electron chi connectivity index (χ2n) is 8.10. The van der Waals surface area contributed by atoms with Gasteiger partial charge in [-0.1, -0.05) is 19.8 Å². The molecule has 7 heteroatoms. The molecule has 2 aliphatic rings. The van der Waals surface area contributed by atoms with Gasteiger partial charge < -0.3 is 9.32 Å². The molecule has 0 atom stereocenters. The van der Waals surface area contributed by atoms with E-state index in [2.05, 4.69) is 6.92 Å². The van der Waals surface area contributed by atoms with E-state index in [1.807, 2.05) is 4.90 Å². The second kappa shape index (κ2) is 7.87. The molecule has 0 saturated carbocycles. The molecule has 28 heavy (non-hydrogen) atoms. The maximum Gasteiger partial charge on any atom is 0.289 e. The second-order valence-corrected chi connectivity index (χ2v) is 10.0. The zero-order chi connectivity index (χ0) is 19.7. The fourth-order valence-electron chi connectivity index (χ4n) is 4.09. The highest BCUT2D eigenvalue weighted by Gasteiger charge is 2.27. The molecule has 152 valence electrons. The molecule has 0 unspecified atom stereocenters. The summed E-state index contributed by atoms with van der Waals surface area (Å²) in [7, 11) is -3.52. The Kier molecular flexibility index (Phi) is 5.47. The first-order valence-electron chi connectivity index (χ1n) is 10.3. The van der Waals surface area contributed by atoms with E-state index in [1.165, 1.54) is 0 Å². The summed E-state index contributed by atoms with van der Waals surface area (Å²) in [5.41, 5.74) is 0.545. The zero-order valence-corrected chi connectivity index (χ0v) is 17.2. The Hall–Kier alpha value is -1.86. The minimum atomic E-state index is -3.52. The van der Waals surface area contributed by atoms with Crippen molar-refractivity contribution in [2.24, 2.45) is 5.92 Å². The number of likely N-dealkylation sites (tertiary alicyclic amines) is 1. The number of amides is 1. The molecule has 2 saturated heterocycles. The molecule has 3 heterocycles. The highest BCUT2D eigenvalue weighted by Crippen LogP contribution is 2.27. The molecular formula is C21H28N2O4S. The van der Waals surface area contributed by atoms with Crippen molar-refractivity contribution < 1.29 is 17.6 Å². The summed E-state index contributed by atoms with van der Waals surface area (Å²) in [6.07, 6.45) is 5.97. The molecule has 2 aromatic rings. The van der Waals surface area contributed by atoms with E-state index in [1.54, 1.807) is 28.6 Å². The largest absolute Gasteiger partial charge is 0.451 e. The number of rotatable bonds is 3. The average Bonchev–Trinajstić information content (AvgIpc) is 2.91. The van der Waals surface area contributed by atoms with Crippen molar-refractivity contribution in [1.82, 2.24) is 9.21 Å². The van der Waals surface area contributed by atoms with Gasteiger partial charge in [0.1, 0.15) is 5.58 Å². The van der Waals surface area contributed by atoms with Gasteiger partial charge in [-0.05, 0) is 55.9 Å². The standard InChI is InChI=1S/C21H28N2O4S/c1-16-8-12-22(13-9-16)21(24)20-15-17-14-18(6-7-19(17)27-20)28(25,26)23-10-4-2-3-5-11-23/h6-7,14-16H,2-5,8-13H2,1H3. The fraction of sp³-hybridized carbons (Fsp3) is 0.571. The first-order chi connectivity index (χ1) is 13.4. The molecule has 0 spiro atoms. The normalized spacial score (nSPS) is 20.4. The van der Waals surface area contributed by atoms with Gasteiger partial charge in [0.25, 0.3) is 5.91 Å². The highest BCUT2D eigenvalue weighted by molar-refractivity contribution is 7.89. The Balaban J connectivity index is 1.58. The van der Waals surface area contributed by atoms with Crippen molar-refractivity contribution >= 4 is 26.9 Å². The van der Waals surface area contributed by atoms with Crippen LogP contribution in [0.1, 0.15) is 56.0 Å². The number of benzene rings is 1. The van der Waals surface area contributed by atoms with Gasteiger partial charge in [0.2, 0.25) is 10.0 Å². The summed E-state index contributed by atoms with van der Waals surface area (Å²) < 4.78 is 33.4. The highest BCUT2D eigenvalue weighted by atomic mass is 32.2. The third kappa shape index (κ3) is 3.82. The molecule has 1 amide bonds. The van der Waals surface area contributed by atoms with Crippen LogP contribution in [0.2, 0.25) is 0 Å². The molecule has 0 N–H and O–H groups in total. The van der Waals surface area contributed by atoms with Gasteiger partial charge in [-0.2, -0.15) is 4.31 Å². The van der Waals surface area contributed by atoms with Crippen LogP contribution in [0, 0.1) is 5.92 Å². The molecule has 6 nitrogen and oxygen atoms in total. The summed E-state index contributed by atoms with van der Waals surface area (Å²) in [4.78, 5) is 14.8. The summed E-state index contributed by atoms with van der Waals surface area (Å²) >= 11 is 0. The van der Waals surface area contributed by atoms with E-state index in [0.29, 0.717) is 30.0 Å². The summed E-state index contributed by atoms with van der Waals surface area (Å²) in [6.45, 7) is 4.83. The summed E-state index contributed by atoms with van der Waals surface area (Å²) in [6, 6.07) is 6.56. The Morgan fingerprint density at radius 2 is 1.68 bits per heavy atom. The molecule has 1 aromatic heterocycles. The van der Waals surface area contributed by atoms with Crippen LogP contribution in [0.4, 0.5) is 0 Å². The van der Waals surface area contributed by atoms with Gasteiger partial charge in [-0.15, -0.1) is 0 Å². The van der Waals surface area contributed by atoms with E-state index in [4.69, 9.17) is 4.42 Å². The summed E-state index contributed by atoms with van der Waals surface area (Å²) in [5.74, 6) is 0.820. The van der Waals surface area contributed by atoms with Gasteiger partial charge in [-0.3, -0.25) is 4.79 Å². The van der Waals surface area contributed by atoms with Crippen molar-refractivity contribution in [1.29, 1.82) is 0 Å².